The van der Waals surface area contributed by atoms with Gasteiger partial charge in [0.25, 0.3) is 5.91 Å². The van der Waals surface area contributed by atoms with Crippen LogP contribution >= 0.6 is 0 Å². The fraction of sp³-hybridized carbons (Fsp3) is 0.550. The summed E-state index contributed by atoms with van der Waals surface area (Å²) in [4.78, 5) is 17.1. The van der Waals surface area contributed by atoms with Crippen molar-refractivity contribution in [3.8, 4) is 0 Å². The molecular weight excluding hydrogens is 284 g/mol. The van der Waals surface area contributed by atoms with Gasteiger partial charge in [0.1, 0.15) is 0 Å². The molecule has 3 rings (SSSR count). The highest BCUT2D eigenvalue weighted by Gasteiger charge is 2.21. The maximum Gasteiger partial charge on any atom is 0.253 e. The van der Waals surface area contributed by atoms with E-state index in [0.29, 0.717) is 6.04 Å². The third kappa shape index (κ3) is 3.95. The molecule has 2 aliphatic rings. The SMILES string of the molecule is CN(C(=O)c1ccc(N2CC=CC2)cc1)C1CCCCCCC1. The van der Waals surface area contributed by atoms with Crippen LogP contribution in [0.1, 0.15) is 55.3 Å². The van der Waals surface area contributed by atoms with E-state index in [0.717, 1.165) is 31.5 Å². The summed E-state index contributed by atoms with van der Waals surface area (Å²) in [5.41, 5.74) is 2.01. The average molecular weight is 312 g/mol. The minimum absolute atomic E-state index is 0.168. The molecule has 3 heteroatoms. The molecule has 0 saturated heterocycles. The lowest BCUT2D eigenvalue weighted by Gasteiger charge is -2.30. The molecule has 1 amide bonds. The topological polar surface area (TPSA) is 23.6 Å². The quantitative estimate of drug-likeness (QED) is 0.779. The summed E-state index contributed by atoms with van der Waals surface area (Å²) in [6.07, 6.45) is 13.2. The highest BCUT2D eigenvalue weighted by molar-refractivity contribution is 5.94. The van der Waals surface area contributed by atoms with Crippen LogP contribution in [-0.2, 0) is 0 Å². The standard InChI is InChI=1S/C20H28N2O/c1-21(18-9-5-3-2-4-6-10-18)20(23)17-11-13-19(14-12-17)22-15-7-8-16-22/h7-8,11-14,18H,2-6,9-10,15-16H2,1H3. The fourth-order valence-corrected chi connectivity index (χ4v) is 3.70. The van der Waals surface area contributed by atoms with Gasteiger partial charge in [-0.3, -0.25) is 4.79 Å². The molecule has 1 fully saturated rings. The summed E-state index contributed by atoms with van der Waals surface area (Å²) in [7, 11) is 1.98. The van der Waals surface area contributed by atoms with Crippen molar-refractivity contribution in [1.82, 2.24) is 4.90 Å². The maximum absolute atomic E-state index is 12.8. The Kier molecular flexibility index (Phi) is 5.37. The van der Waals surface area contributed by atoms with Crippen LogP contribution in [0.3, 0.4) is 0 Å². The molecule has 0 unspecified atom stereocenters. The van der Waals surface area contributed by atoms with E-state index in [1.807, 2.05) is 24.1 Å². The van der Waals surface area contributed by atoms with Gasteiger partial charge >= 0.3 is 0 Å². The lowest BCUT2D eigenvalue weighted by Crippen LogP contribution is -2.37. The van der Waals surface area contributed by atoms with Gasteiger partial charge in [0.2, 0.25) is 0 Å². The summed E-state index contributed by atoms with van der Waals surface area (Å²) in [6, 6.07) is 8.52. The Balaban J connectivity index is 1.63. The highest BCUT2D eigenvalue weighted by Crippen LogP contribution is 2.23. The van der Waals surface area contributed by atoms with Gasteiger partial charge in [-0.15, -0.1) is 0 Å². The Morgan fingerprint density at radius 3 is 2.13 bits per heavy atom. The molecule has 0 aromatic heterocycles. The lowest BCUT2D eigenvalue weighted by molar-refractivity contribution is 0.0707. The van der Waals surface area contributed by atoms with Gasteiger partial charge in [-0.05, 0) is 37.1 Å². The molecule has 1 aliphatic heterocycles. The van der Waals surface area contributed by atoms with Crippen LogP contribution in [0.2, 0.25) is 0 Å². The Hall–Kier alpha value is -1.77. The molecule has 0 radical (unpaired) electrons. The van der Waals surface area contributed by atoms with Gasteiger partial charge < -0.3 is 9.80 Å². The van der Waals surface area contributed by atoms with Gasteiger partial charge in [-0.2, -0.15) is 0 Å². The predicted octanol–water partition coefficient (Wildman–Crippen LogP) is 4.25. The molecule has 124 valence electrons. The normalized spacial score (nSPS) is 19.4. The molecule has 1 saturated carbocycles. The van der Waals surface area contributed by atoms with Gasteiger partial charge in [0.05, 0.1) is 0 Å². The van der Waals surface area contributed by atoms with E-state index in [1.165, 1.54) is 37.8 Å². The third-order valence-corrected chi connectivity index (χ3v) is 5.24. The van der Waals surface area contributed by atoms with Crippen molar-refractivity contribution in [3.63, 3.8) is 0 Å². The zero-order valence-corrected chi connectivity index (χ0v) is 14.2. The largest absolute Gasteiger partial charge is 0.364 e. The van der Waals surface area contributed by atoms with E-state index in [4.69, 9.17) is 0 Å². The van der Waals surface area contributed by atoms with Crippen molar-refractivity contribution in [2.75, 3.05) is 25.0 Å². The van der Waals surface area contributed by atoms with E-state index in [9.17, 15) is 4.79 Å². The lowest BCUT2D eigenvalue weighted by atomic mass is 9.95. The predicted molar refractivity (Wildman–Crippen MR) is 96.0 cm³/mol. The molecule has 0 spiro atoms. The number of amides is 1. The number of carbonyl (C=O) groups is 1. The van der Waals surface area contributed by atoms with Gasteiger partial charge in [-0.1, -0.05) is 44.3 Å². The first kappa shape index (κ1) is 16.1. The number of benzene rings is 1. The third-order valence-electron chi connectivity index (χ3n) is 5.24. The molecule has 0 atom stereocenters. The molecular formula is C20H28N2O. The van der Waals surface area contributed by atoms with E-state index in [2.05, 4.69) is 29.2 Å². The first-order chi connectivity index (χ1) is 11.3. The number of hydrogen-bond donors (Lipinski definition) is 0. The van der Waals surface area contributed by atoms with Crippen molar-refractivity contribution in [2.45, 2.75) is 51.0 Å². The minimum Gasteiger partial charge on any atom is -0.364 e. The van der Waals surface area contributed by atoms with E-state index >= 15 is 0 Å². The van der Waals surface area contributed by atoms with Crippen molar-refractivity contribution in [1.29, 1.82) is 0 Å². The van der Waals surface area contributed by atoms with Crippen molar-refractivity contribution >= 4 is 11.6 Å². The van der Waals surface area contributed by atoms with Crippen LogP contribution in [0.15, 0.2) is 36.4 Å². The molecule has 1 aliphatic carbocycles. The summed E-state index contributed by atoms with van der Waals surface area (Å²) in [6.45, 7) is 1.94. The summed E-state index contributed by atoms with van der Waals surface area (Å²) < 4.78 is 0. The Morgan fingerprint density at radius 1 is 0.957 bits per heavy atom. The second-order valence-corrected chi connectivity index (χ2v) is 6.84. The number of anilines is 1. The number of carbonyl (C=O) groups excluding carboxylic acids is 1. The van der Waals surface area contributed by atoms with Gasteiger partial charge in [-0.25, -0.2) is 0 Å². The van der Waals surface area contributed by atoms with Crippen LogP contribution in [0.5, 0.6) is 0 Å². The molecule has 1 aromatic rings. The molecule has 0 N–H and O–H groups in total. The molecule has 0 bridgehead atoms. The second-order valence-electron chi connectivity index (χ2n) is 6.84. The summed E-state index contributed by atoms with van der Waals surface area (Å²) in [5, 5.41) is 0. The highest BCUT2D eigenvalue weighted by atomic mass is 16.2. The Bertz CT molecular complexity index is 533. The molecule has 1 heterocycles. The van der Waals surface area contributed by atoms with Crippen LogP contribution in [0.4, 0.5) is 5.69 Å². The number of rotatable bonds is 3. The van der Waals surface area contributed by atoms with E-state index in [-0.39, 0.29) is 5.91 Å². The van der Waals surface area contributed by atoms with Crippen molar-refractivity contribution < 1.29 is 4.79 Å². The average Bonchev–Trinajstić information content (AvgIpc) is 3.08. The van der Waals surface area contributed by atoms with Crippen LogP contribution < -0.4 is 4.90 Å². The van der Waals surface area contributed by atoms with Crippen LogP contribution in [-0.4, -0.2) is 37.0 Å². The zero-order chi connectivity index (χ0) is 16.1. The molecule has 23 heavy (non-hydrogen) atoms. The Morgan fingerprint density at radius 2 is 1.52 bits per heavy atom. The van der Waals surface area contributed by atoms with Gasteiger partial charge in [0.15, 0.2) is 0 Å². The Labute approximate surface area is 140 Å². The molecule has 1 aromatic carbocycles. The van der Waals surface area contributed by atoms with E-state index < -0.39 is 0 Å². The summed E-state index contributed by atoms with van der Waals surface area (Å²) in [5.74, 6) is 0.168. The van der Waals surface area contributed by atoms with Crippen LogP contribution in [0, 0.1) is 0 Å². The number of hydrogen-bond acceptors (Lipinski definition) is 2. The first-order valence-corrected chi connectivity index (χ1v) is 9.03. The van der Waals surface area contributed by atoms with Crippen molar-refractivity contribution in [2.24, 2.45) is 0 Å². The summed E-state index contributed by atoms with van der Waals surface area (Å²) >= 11 is 0. The maximum atomic E-state index is 12.8. The number of nitrogens with zero attached hydrogens (tertiary/aromatic N) is 2. The smallest absolute Gasteiger partial charge is 0.253 e. The monoisotopic (exact) mass is 312 g/mol. The molecule has 3 nitrogen and oxygen atoms in total. The van der Waals surface area contributed by atoms with E-state index in [1.54, 1.807) is 0 Å². The second kappa shape index (κ2) is 7.67. The van der Waals surface area contributed by atoms with Crippen molar-refractivity contribution in [3.05, 3.63) is 42.0 Å². The van der Waals surface area contributed by atoms with Gasteiger partial charge in [0, 0.05) is 37.4 Å². The minimum atomic E-state index is 0.168. The fourth-order valence-electron chi connectivity index (χ4n) is 3.70. The zero-order valence-electron chi connectivity index (χ0n) is 14.2. The van der Waals surface area contributed by atoms with Crippen LogP contribution in [0.25, 0.3) is 0 Å². The first-order valence-electron chi connectivity index (χ1n) is 9.03.